The van der Waals surface area contributed by atoms with Gasteiger partial charge in [0.1, 0.15) is 17.3 Å². The fourth-order valence-corrected chi connectivity index (χ4v) is 3.75. The maximum absolute atomic E-state index is 12.6. The summed E-state index contributed by atoms with van der Waals surface area (Å²) in [6.07, 6.45) is 0.658. The maximum atomic E-state index is 12.6. The zero-order valence-electron chi connectivity index (χ0n) is 16.4. The number of aromatic nitrogens is 2. The Morgan fingerprint density at radius 3 is 2.66 bits per heavy atom. The van der Waals surface area contributed by atoms with Gasteiger partial charge < -0.3 is 14.5 Å². The van der Waals surface area contributed by atoms with Gasteiger partial charge in [-0.05, 0) is 48.9 Å². The highest BCUT2D eigenvalue weighted by atomic mass is 35.5. The van der Waals surface area contributed by atoms with Gasteiger partial charge in [0.15, 0.2) is 0 Å². The van der Waals surface area contributed by atoms with Crippen LogP contribution in [-0.4, -0.2) is 35.6 Å². The fourth-order valence-electron chi connectivity index (χ4n) is 3.62. The smallest absolute Gasteiger partial charge is 0.254 e. The van der Waals surface area contributed by atoms with Gasteiger partial charge >= 0.3 is 0 Å². The van der Waals surface area contributed by atoms with Gasteiger partial charge in [-0.15, -0.1) is 0 Å². The Hall–Kier alpha value is -2.83. The molecule has 1 aliphatic heterocycles. The maximum Gasteiger partial charge on any atom is 0.254 e. The molecule has 2 aromatic carbocycles. The van der Waals surface area contributed by atoms with E-state index in [9.17, 15) is 4.79 Å². The van der Waals surface area contributed by atoms with Crippen LogP contribution in [0.25, 0.3) is 11.4 Å². The molecule has 0 atom stereocenters. The lowest BCUT2D eigenvalue weighted by atomic mass is 10.0. The van der Waals surface area contributed by atoms with E-state index in [1.54, 1.807) is 26.4 Å². The van der Waals surface area contributed by atoms with Gasteiger partial charge in [0.2, 0.25) is 0 Å². The normalized spacial score (nSPS) is 13.8. The summed E-state index contributed by atoms with van der Waals surface area (Å²) in [6.45, 7) is 2.06. The van der Waals surface area contributed by atoms with Crippen molar-refractivity contribution in [2.24, 2.45) is 0 Å². The van der Waals surface area contributed by atoms with Crippen LogP contribution in [-0.2, 0) is 19.5 Å². The van der Waals surface area contributed by atoms with Gasteiger partial charge in [0.25, 0.3) is 5.56 Å². The van der Waals surface area contributed by atoms with Gasteiger partial charge in [0.05, 0.1) is 19.9 Å². The highest BCUT2D eigenvalue weighted by molar-refractivity contribution is 6.30. The second-order valence-electron chi connectivity index (χ2n) is 6.99. The number of aromatic amines is 1. The topological polar surface area (TPSA) is 67.5 Å². The average Bonchev–Trinajstić information content (AvgIpc) is 2.74. The Bertz CT molecular complexity index is 1080. The Balaban J connectivity index is 1.61. The monoisotopic (exact) mass is 411 g/mol. The summed E-state index contributed by atoms with van der Waals surface area (Å²) in [6, 6.07) is 13.1. The summed E-state index contributed by atoms with van der Waals surface area (Å²) in [4.78, 5) is 22.5. The molecule has 7 heteroatoms. The summed E-state index contributed by atoms with van der Waals surface area (Å²) < 4.78 is 10.8. The lowest BCUT2D eigenvalue weighted by Crippen LogP contribution is -2.35. The quantitative estimate of drug-likeness (QED) is 0.693. The van der Waals surface area contributed by atoms with Crippen molar-refractivity contribution < 1.29 is 9.47 Å². The van der Waals surface area contributed by atoms with Crippen LogP contribution < -0.4 is 15.0 Å². The van der Waals surface area contributed by atoms with Crippen molar-refractivity contribution in [3.63, 3.8) is 0 Å². The zero-order valence-corrected chi connectivity index (χ0v) is 17.1. The number of hydrogen-bond donors (Lipinski definition) is 1. The Kier molecular flexibility index (Phi) is 5.56. The van der Waals surface area contributed by atoms with Crippen LogP contribution in [0.1, 0.15) is 16.8 Å². The number of nitrogens with one attached hydrogen (secondary N) is 1. The average molecular weight is 412 g/mol. The first-order valence-corrected chi connectivity index (χ1v) is 9.76. The van der Waals surface area contributed by atoms with Gasteiger partial charge in [-0.1, -0.05) is 11.6 Å². The molecule has 0 unspecified atom stereocenters. The summed E-state index contributed by atoms with van der Waals surface area (Å²) in [7, 11) is 3.31. The second-order valence-corrected chi connectivity index (χ2v) is 7.42. The van der Waals surface area contributed by atoms with E-state index < -0.39 is 0 Å². The van der Waals surface area contributed by atoms with Crippen LogP contribution in [0.5, 0.6) is 11.5 Å². The molecule has 0 radical (unpaired) electrons. The van der Waals surface area contributed by atoms with Crippen LogP contribution in [0.2, 0.25) is 5.02 Å². The number of halogens is 1. The summed E-state index contributed by atoms with van der Waals surface area (Å²) >= 11 is 5.97. The number of H-pyrrole nitrogens is 1. The molecule has 29 heavy (non-hydrogen) atoms. The SMILES string of the molecule is COc1ccc(OC)c(CN2CCc3c(nc(-c4ccc(Cl)cc4)[nH]c3=O)C2)c1. The largest absolute Gasteiger partial charge is 0.497 e. The lowest BCUT2D eigenvalue weighted by Gasteiger charge is -2.28. The third-order valence-corrected chi connectivity index (χ3v) is 5.40. The molecule has 150 valence electrons. The van der Waals surface area contributed by atoms with E-state index >= 15 is 0 Å². The summed E-state index contributed by atoms with van der Waals surface area (Å²) in [5, 5.41) is 0.646. The van der Waals surface area contributed by atoms with Crippen LogP contribution in [0.15, 0.2) is 47.3 Å². The van der Waals surface area contributed by atoms with Crippen molar-refractivity contribution in [3.05, 3.63) is 74.7 Å². The molecule has 2 heterocycles. The molecule has 4 rings (SSSR count). The molecule has 0 amide bonds. The van der Waals surface area contributed by atoms with Crippen molar-refractivity contribution in [3.8, 4) is 22.9 Å². The third-order valence-electron chi connectivity index (χ3n) is 5.15. The highest BCUT2D eigenvalue weighted by Gasteiger charge is 2.22. The molecule has 0 aliphatic carbocycles. The number of nitrogens with zero attached hydrogens (tertiary/aromatic N) is 2. The first kappa shape index (κ1) is 19.5. The van der Waals surface area contributed by atoms with Crippen LogP contribution >= 0.6 is 11.6 Å². The Labute approximate surface area is 174 Å². The third kappa shape index (κ3) is 4.13. The van der Waals surface area contributed by atoms with Gasteiger partial charge in [-0.2, -0.15) is 0 Å². The number of ether oxygens (including phenoxy) is 2. The van der Waals surface area contributed by atoms with Crippen LogP contribution in [0.4, 0.5) is 0 Å². The molecule has 0 spiro atoms. The lowest BCUT2D eigenvalue weighted by molar-refractivity contribution is 0.236. The minimum atomic E-state index is -0.0708. The molecular formula is C22H22ClN3O3. The van der Waals surface area contributed by atoms with E-state index in [0.29, 0.717) is 30.4 Å². The standard InChI is InChI=1S/C22H22ClN3O3/c1-28-17-7-8-20(29-2)15(11-17)12-26-10-9-18-19(13-26)24-21(25-22(18)27)14-3-5-16(23)6-4-14/h3-8,11H,9-10,12-13H2,1-2H3,(H,24,25,27). The minimum Gasteiger partial charge on any atom is -0.497 e. The van der Waals surface area contributed by atoms with Gasteiger partial charge in [-0.25, -0.2) is 4.98 Å². The van der Waals surface area contributed by atoms with Crippen molar-refractivity contribution in [2.75, 3.05) is 20.8 Å². The first-order chi connectivity index (χ1) is 14.1. The van der Waals surface area contributed by atoms with Gasteiger partial charge in [0, 0.05) is 41.3 Å². The number of rotatable bonds is 5. The van der Waals surface area contributed by atoms with Crippen molar-refractivity contribution >= 4 is 11.6 Å². The molecule has 0 saturated heterocycles. The van der Waals surface area contributed by atoms with Crippen molar-refractivity contribution in [1.82, 2.24) is 14.9 Å². The van der Waals surface area contributed by atoms with Crippen LogP contribution in [0, 0.1) is 0 Å². The number of benzene rings is 2. The molecular weight excluding hydrogens is 390 g/mol. The molecule has 1 aliphatic rings. The molecule has 1 aromatic heterocycles. The van der Waals surface area contributed by atoms with Crippen molar-refractivity contribution in [1.29, 1.82) is 0 Å². The van der Waals surface area contributed by atoms with E-state index in [-0.39, 0.29) is 5.56 Å². The number of fused-ring (bicyclic) bond motifs is 1. The highest BCUT2D eigenvalue weighted by Crippen LogP contribution is 2.27. The molecule has 0 fully saturated rings. The molecule has 3 aromatic rings. The molecule has 0 bridgehead atoms. The van der Waals surface area contributed by atoms with E-state index in [0.717, 1.165) is 40.4 Å². The zero-order chi connectivity index (χ0) is 20.4. The predicted octanol–water partition coefficient (Wildman–Crippen LogP) is 3.67. The minimum absolute atomic E-state index is 0.0708. The summed E-state index contributed by atoms with van der Waals surface area (Å²) in [5.74, 6) is 2.17. The molecule has 0 saturated carbocycles. The van der Waals surface area contributed by atoms with E-state index in [2.05, 4.69) is 9.88 Å². The van der Waals surface area contributed by atoms with E-state index in [4.69, 9.17) is 26.1 Å². The van der Waals surface area contributed by atoms with E-state index in [1.165, 1.54) is 0 Å². The predicted molar refractivity (Wildman–Crippen MR) is 113 cm³/mol. The van der Waals surface area contributed by atoms with E-state index in [1.807, 2.05) is 30.3 Å². The van der Waals surface area contributed by atoms with Crippen molar-refractivity contribution in [2.45, 2.75) is 19.5 Å². The summed E-state index contributed by atoms with van der Waals surface area (Å²) in [5.41, 5.74) is 3.38. The molecule has 6 nitrogen and oxygen atoms in total. The van der Waals surface area contributed by atoms with Crippen LogP contribution in [0.3, 0.4) is 0 Å². The number of methoxy groups -OCH3 is 2. The second kappa shape index (κ2) is 8.27. The fraction of sp³-hybridized carbons (Fsp3) is 0.273. The first-order valence-electron chi connectivity index (χ1n) is 9.38. The molecule has 1 N–H and O–H groups in total. The van der Waals surface area contributed by atoms with Gasteiger partial charge in [-0.3, -0.25) is 9.69 Å². The Morgan fingerprint density at radius 1 is 1.14 bits per heavy atom. The number of hydrogen-bond acceptors (Lipinski definition) is 5. The Morgan fingerprint density at radius 2 is 1.93 bits per heavy atom.